The lowest BCUT2D eigenvalue weighted by Gasteiger charge is -2.10. The molecule has 0 aliphatic rings. The second-order valence-electron chi connectivity index (χ2n) is 4.97. The minimum absolute atomic E-state index is 0.204. The molecule has 1 atom stereocenters. The van der Waals surface area contributed by atoms with Gasteiger partial charge in [-0.3, -0.25) is 4.79 Å². The van der Waals surface area contributed by atoms with Crippen molar-refractivity contribution in [3.63, 3.8) is 0 Å². The van der Waals surface area contributed by atoms with Crippen molar-refractivity contribution in [2.45, 2.75) is 13.0 Å². The number of nitrogens with zero attached hydrogens (tertiary/aromatic N) is 4. The minimum Gasteiger partial charge on any atom is -0.324 e. The zero-order valence-corrected chi connectivity index (χ0v) is 13.9. The number of nitrogens with one attached hydrogen (secondary N) is 1. The number of halogens is 1. The number of carbonyl (C=O) groups is 1. The third kappa shape index (κ3) is 3.62. The van der Waals surface area contributed by atoms with Gasteiger partial charge in [-0.2, -0.15) is 4.80 Å². The highest BCUT2D eigenvalue weighted by Crippen LogP contribution is 2.17. The van der Waals surface area contributed by atoms with Gasteiger partial charge in [0.2, 0.25) is 5.82 Å². The highest BCUT2D eigenvalue weighted by Gasteiger charge is 2.18. The van der Waals surface area contributed by atoms with Gasteiger partial charge in [0.15, 0.2) is 0 Å². The van der Waals surface area contributed by atoms with Crippen LogP contribution in [0, 0.1) is 0 Å². The average molecular weight is 372 g/mol. The van der Waals surface area contributed by atoms with E-state index in [-0.39, 0.29) is 5.91 Å². The summed E-state index contributed by atoms with van der Waals surface area (Å²) in [7, 11) is 0. The highest BCUT2D eigenvalue weighted by atomic mass is 79.9. The molecule has 0 spiro atoms. The number of hydrogen-bond donors (Lipinski definition) is 1. The van der Waals surface area contributed by atoms with Crippen LogP contribution < -0.4 is 5.32 Å². The van der Waals surface area contributed by atoms with E-state index in [2.05, 4.69) is 36.7 Å². The van der Waals surface area contributed by atoms with E-state index in [9.17, 15) is 4.79 Å². The smallest absolute Gasteiger partial charge is 0.250 e. The van der Waals surface area contributed by atoms with Gasteiger partial charge in [0.25, 0.3) is 5.91 Å². The van der Waals surface area contributed by atoms with Crippen molar-refractivity contribution in [1.82, 2.24) is 20.2 Å². The number of amides is 1. The molecule has 3 rings (SSSR count). The summed E-state index contributed by atoms with van der Waals surface area (Å²) in [6.07, 6.45) is 0. The van der Waals surface area contributed by atoms with Crippen molar-refractivity contribution in [1.29, 1.82) is 0 Å². The van der Waals surface area contributed by atoms with Gasteiger partial charge in [-0.1, -0.05) is 46.3 Å². The van der Waals surface area contributed by atoms with Crippen molar-refractivity contribution in [3.8, 4) is 11.4 Å². The van der Waals surface area contributed by atoms with Crippen LogP contribution in [0.25, 0.3) is 11.4 Å². The van der Waals surface area contributed by atoms with Crippen molar-refractivity contribution in [3.05, 3.63) is 59.1 Å². The summed E-state index contributed by atoms with van der Waals surface area (Å²) in [6.45, 7) is 1.73. The van der Waals surface area contributed by atoms with Crippen LogP contribution in [0.3, 0.4) is 0 Å². The molecule has 0 aliphatic heterocycles. The van der Waals surface area contributed by atoms with E-state index < -0.39 is 6.04 Å². The first kappa shape index (κ1) is 15.4. The molecule has 0 aliphatic carbocycles. The molecule has 1 heterocycles. The van der Waals surface area contributed by atoms with Crippen molar-refractivity contribution >= 4 is 27.5 Å². The maximum Gasteiger partial charge on any atom is 0.250 e. The van der Waals surface area contributed by atoms with E-state index in [1.165, 1.54) is 4.80 Å². The molecule has 0 saturated carbocycles. The largest absolute Gasteiger partial charge is 0.324 e. The fourth-order valence-electron chi connectivity index (χ4n) is 1.98. The number of aromatic nitrogens is 4. The molecule has 1 unspecified atom stereocenters. The second-order valence-corrected chi connectivity index (χ2v) is 5.89. The van der Waals surface area contributed by atoms with Crippen molar-refractivity contribution in [2.75, 3.05) is 5.32 Å². The highest BCUT2D eigenvalue weighted by molar-refractivity contribution is 9.10. The summed E-state index contributed by atoms with van der Waals surface area (Å²) in [6, 6.07) is 16.3. The molecule has 1 N–H and O–H groups in total. The van der Waals surface area contributed by atoms with E-state index in [0.29, 0.717) is 11.5 Å². The SMILES string of the molecule is CC(C(=O)Nc1ccc(Br)cc1)n1nnc(-c2ccccc2)n1. The normalized spacial score (nSPS) is 11.9. The fourth-order valence-corrected chi connectivity index (χ4v) is 2.24. The van der Waals surface area contributed by atoms with Crippen LogP contribution in [0.5, 0.6) is 0 Å². The topological polar surface area (TPSA) is 72.7 Å². The molecule has 2 aromatic carbocycles. The number of carbonyl (C=O) groups excluding carboxylic acids is 1. The van der Waals surface area contributed by atoms with Gasteiger partial charge in [0.1, 0.15) is 6.04 Å². The molecular weight excluding hydrogens is 358 g/mol. The molecular formula is C16H14BrN5O. The molecule has 0 radical (unpaired) electrons. The number of tetrazole rings is 1. The van der Waals surface area contributed by atoms with E-state index in [1.807, 2.05) is 54.6 Å². The predicted molar refractivity (Wildman–Crippen MR) is 90.7 cm³/mol. The van der Waals surface area contributed by atoms with Gasteiger partial charge >= 0.3 is 0 Å². The van der Waals surface area contributed by atoms with Crippen LogP contribution >= 0.6 is 15.9 Å². The number of hydrogen-bond acceptors (Lipinski definition) is 4. The Kier molecular flexibility index (Phi) is 4.47. The molecule has 3 aromatic rings. The van der Waals surface area contributed by atoms with E-state index in [4.69, 9.17) is 0 Å². The first-order valence-corrected chi connectivity index (χ1v) is 7.84. The number of benzene rings is 2. The Morgan fingerprint density at radius 3 is 2.52 bits per heavy atom. The Labute approximate surface area is 141 Å². The molecule has 6 nitrogen and oxygen atoms in total. The monoisotopic (exact) mass is 371 g/mol. The molecule has 116 valence electrons. The standard InChI is InChI=1S/C16H14BrN5O/c1-11(16(23)18-14-9-7-13(17)8-10-14)22-20-15(19-21-22)12-5-3-2-4-6-12/h2-11H,1H3,(H,18,23). The number of anilines is 1. The summed E-state index contributed by atoms with van der Waals surface area (Å²) >= 11 is 3.36. The lowest BCUT2D eigenvalue weighted by Crippen LogP contribution is -2.25. The number of rotatable bonds is 4. The zero-order chi connectivity index (χ0) is 16.2. The summed E-state index contributed by atoms with van der Waals surface area (Å²) in [5, 5.41) is 15.1. The van der Waals surface area contributed by atoms with Crippen LogP contribution in [-0.4, -0.2) is 26.1 Å². The maximum absolute atomic E-state index is 12.3. The second kappa shape index (κ2) is 6.70. The molecule has 23 heavy (non-hydrogen) atoms. The molecule has 1 aromatic heterocycles. The molecule has 0 saturated heterocycles. The molecule has 0 fully saturated rings. The van der Waals surface area contributed by atoms with Crippen LogP contribution in [0.1, 0.15) is 13.0 Å². The Morgan fingerprint density at radius 2 is 1.83 bits per heavy atom. The van der Waals surface area contributed by atoms with E-state index >= 15 is 0 Å². The predicted octanol–water partition coefficient (Wildman–Crippen LogP) is 3.30. The Bertz CT molecular complexity index is 801. The molecule has 7 heteroatoms. The van der Waals surface area contributed by atoms with Gasteiger partial charge in [-0.15, -0.1) is 10.2 Å². The van der Waals surface area contributed by atoms with Gasteiger partial charge in [-0.05, 0) is 36.4 Å². The van der Waals surface area contributed by atoms with Gasteiger partial charge < -0.3 is 5.32 Å². The Morgan fingerprint density at radius 1 is 1.13 bits per heavy atom. The maximum atomic E-state index is 12.3. The van der Waals surface area contributed by atoms with Crippen LogP contribution in [0.2, 0.25) is 0 Å². The van der Waals surface area contributed by atoms with E-state index in [1.54, 1.807) is 6.92 Å². The quantitative estimate of drug-likeness (QED) is 0.763. The first-order valence-electron chi connectivity index (χ1n) is 7.05. The Hall–Kier alpha value is -2.54. The molecule has 0 bridgehead atoms. The third-order valence-corrected chi connectivity index (χ3v) is 3.83. The van der Waals surface area contributed by atoms with Gasteiger partial charge in [0, 0.05) is 15.7 Å². The first-order chi connectivity index (χ1) is 11.1. The van der Waals surface area contributed by atoms with Crippen LogP contribution in [0.4, 0.5) is 5.69 Å². The summed E-state index contributed by atoms with van der Waals surface area (Å²) in [4.78, 5) is 13.6. The summed E-state index contributed by atoms with van der Waals surface area (Å²) in [5.41, 5.74) is 1.58. The average Bonchev–Trinajstić information content (AvgIpc) is 3.07. The fraction of sp³-hybridized carbons (Fsp3) is 0.125. The van der Waals surface area contributed by atoms with E-state index in [0.717, 1.165) is 10.0 Å². The van der Waals surface area contributed by atoms with Crippen molar-refractivity contribution in [2.24, 2.45) is 0 Å². The zero-order valence-electron chi connectivity index (χ0n) is 12.3. The molecule has 1 amide bonds. The lowest BCUT2D eigenvalue weighted by molar-refractivity contribution is -0.119. The van der Waals surface area contributed by atoms with Crippen molar-refractivity contribution < 1.29 is 4.79 Å². The lowest BCUT2D eigenvalue weighted by atomic mass is 10.2. The van der Waals surface area contributed by atoms with Gasteiger partial charge in [-0.25, -0.2) is 0 Å². The summed E-state index contributed by atoms with van der Waals surface area (Å²) in [5.74, 6) is 0.290. The van der Waals surface area contributed by atoms with Crippen LogP contribution in [-0.2, 0) is 4.79 Å². The van der Waals surface area contributed by atoms with Crippen LogP contribution in [0.15, 0.2) is 59.1 Å². The van der Waals surface area contributed by atoms with Gasteiger partial charge in [0.05, 0.1) is 0 Å². The minimum atomic E-state index is -0.566. The Balaban J connectivity index is 1.72. The third-order valence-electron chi connectivity index (χ3n) is 3.30. The summed E-state index contributed by atoms with van der Waals surface area (Å²) < 4.78 is 0.953.